The van der Waals surface area contributed by atoms with Crippen molar-refractivity contribution in [2.24, 2.45) is 0 Å². The Morgan fingerprint density at radius 3 is 2.36 bits per heavy atom. The molecular weight excluding hydrogens is 192 g/mol. The summed E-state index contributed by atoms with van der Waals surface area (Å²) in [6.45, 7) is 4.50. The van der Waals surface area contributed by atoms with Crippen LogP contribution < -0.4 is 0 Å². The van der Waals surface area contributed by atoms with Crippen molar-refractivity contribution < 1.29 is 18.6 Å². The average molecular weight is 211 g/mol. The largest absolute Gasteiger partial charge is 0.395 e. The summed E-state index contributed by atoms with van der Waals surface area (Å²) in [5.41, 5.74) is 0. The summed E-state index contributed by atoms with van der Waals surface area (Å²) in [6, 6.07) is 0. The normalized spacial score (nSPS) is 12.0. The summed E-state index contributed by atoms with van der Waals surface area (Å²) in [5.74, 6) is 0. The molecule has 0 fully saturated rings. The lowest BCUT2D eigenvalue weighted by Gasteiger charge is -2.21. The molecule has 5 heteroatoms. The monoisotopic (exact) mass is 211 g/mol. The van der Waals surface area contributed by atoms with E-state index in [1.165, 1.54) is 4.90 Å². The smallest absolute Gasteiger partial charge is 0.251 e. The molecule has 0 saturated carbocycles. The van der Waals surface area contributed by atoms with Gasteiger partial charge in [-0.25, -0.2) is 8.78 Å². The van der Waals surface area contributed by atoms with E-state index in [1.807, 2.05) is 13.8 Å². The number of halogens is 2. The van der Waals surface area contributed by atoms with Crippen molar-refractivity contribution in [1.82, 2.24) is 4.90 Å². The van der Waals surface area contributed by atoms with Crippen LogP contribution in [0.5, 0.6) is 0 Å². The standard InChI is InChI=1S/C9H19F2NO2/c1-8(2)14-6-4-12(3-5-13)7-9(10)11/h8-9,13H,3-7H2,1-2H3. The minimum atomic E-state index is -2.36. The number of nitrogens with zero attached hydrogens (tertiary/aromatic N) is 1. The number of rotatable bonds is 8. The van der Waals surface area contributed by atoms with E-state index in [0.29, 0.717) is 13.2 Å². The first-order valence-electron chi connectivity index (χ1n) is 4.79. The number of aliphatic hydroxyl groups is 1. The van der Waals surface area contributed by atoms with Gasteiger partial charge in [0.05, 0.1) is 25.9 Å². The van der Waals surface area contributed by atoms with Crippen LogP contribution in [0.2, 0.25) is 0 Å². The molecule has 1 N–H and O–H groups in total. The maximum Gasteiger partial charge on any atom is 0.251 e. The summed E-state index contributed by atoms with van der Waals surface area (Å²) in [4.78, 5) is 1.49. The van der Waals surface area contributed by atoms with Gasteiger partial charge in [-0.2, -0.15) is 0 Å². The van der Waals surface area contributed by atoms with Crippen molar-refractivity contribution in [3.8, 4) is 0 Å². The fraction of sp³-hybridized carbons (Fsp3) is 1.00. The van der Waals surface area contributed by atoms with E-state index in [9.17, 15) is 8.78 Å². The van der Waals surface area contributed by atoms with Gasteiger partial charge in [0.1, 0.15) is 0 Å². The maximum atomic E-state index is 12.0. The highest BCUT2D eigenvalue weighted by Gasteiger charge is 2.11. The van der Waals surface area contributed by atoms with Gasteiger partial charge in [0, 0.05) is 13.1 Å². The molecule has 0 aliphatic heterocycles. The second kappa shape index (κ2) is 8.08. The van der Waals surface area contributed by atoms with Crippen LogP contribution in [0, 0.1) is 0 Å². The highest BCUT2D eigenvalue weighted by molar-refractivity contribution is 4.58. The Morgan fingerprint density at radius 1 is 1.29 bits per heavy atom. The third-order valence-electron chi connectivity index (χ3n) is 1.67. The topological polar surface area (TPSA) is 32.7 Å². The van der Waals surface area contributed by atoms with Crippen LogP contribution in [-0.2, 0) is 4.74 Å². The molecule has 3 nitrogen and oxygen atoms in total. The molecule has 0 aromatic heterocycles. The summed E-state index contributed by atoms with van der Waals surface area (Å²) in [6.07, 6.45) is -2.25. The average Bonchev–Trinajstić information content (AvgIpc) is 2.02. The fourth-order valence-electron chi connectivity index (χ4n) is 1.05. The van der Waals surface area contributed by atoms with Gasteiger partial charge in [0.15, 0.2) is 0 Å². The zero-order chi connectivity index (χ0) is 11.0. The molecule has 0 aromatic rings. The molecule has 0 unspecified atom stereocenters. The second-order valence-corrected chi connectivity index (χ2v) is 3.33. The summed E-state index contributed by atoms with van der Waals surface area (Å²) in [5, 5.41) is 8.63. The van der Waals surface area contributed by atoms with Gasteiger partial charge in [-0.3, -0.25) is 4.90 Å². The van der Waals surface area contributed by atoms with Crippen molar-refractivity contribution >= 4 is 0 Å². The van der Waals surface area contributed by atoms with Crippen molar-refractivity contribution in [1.29, 1.82) is 0 Å². The highest BCUT2D eigenvalue weighted by atomic mass is 19.3. The first kappa shape index (κ1) is 13.7. The molecule has 0 rings (SSSR count). The molecule has 0 amide bonds. The molecule has 0 aliphatic carbocycles. The van der Waals surface area contributed by atoms with Crippen LogP contribution in [0.4, 0.5) is 8.78 Å². The van der Waals surface area contributed by atoms with E-state index in [0.717, 1.165) is 0 Å². The number of alkyl halides is 2. The minimum absolute atomic E-state index is 0.103. The van der Waals surface area contributed by atoms with E-state index in [4.69, 9.17) is 9.84 Å². The molecule has 0 atom stereocenters. The summed E-state index contributed by atoms with van der Waals surface area (Å²) < 4.78 is 29.3. The minimum Gasteiger partial charge on any atom is -0.395 e. The van der Waals surface area contributed by atoms with Gasteiger partial charge in [-0.15, -0.1) is 0 Å². The van der Waals surface area contributed by atoms with E-state index in [-0.39, 0.29) is 25.8 Å². The lowest BCUT2D eigenvalue weighted by molar-refractivity contribution is 0.0323. The van der Waals surface area contributed by atoms with Crippen molar-refractivity contribution in [3.63, 3.8) is 0 Å². The third kappa shape index (κ3) is 8.34. The van der Waals surface area contributed by atoms with Crippen LogP contribution >= 0.6 is 0 Å². The molecule has 0 radical (unpaired) electrons. The van der Waals surface area contributed by atoms with Crippen LogP contribution in [0.1, 0.15) is 13.8 Å². The first-order chi connectivity index (χ1) is 6.56. The summed E-state index contributed by atoms with van der Waals surface area (Å²) in [7, 11) is 0. The van der Waals surface area contributed by atoms with Gasteiger partial charge >= 0.3 is 0 Å². The van der Waals surface area contributed by atoms with Crippen LogP contribution in [-0.4, -0.2) is 55.4 Å². The Hall–Kier alpha value is -0.260. The molecular formula is C9H19F2NO2. The van der Waals surface area contributed by atoms with Crippen LogP contribution in [0.15, 0.2) is 0 Å². The van der Waals surface area contributed by atoms with Gasteiger partial charge in [-0.1, -0.05) is 0 Å². The SMILES string of the molecule is CC(C)OCCN(CCO)CC(F)F. The molecule has 86 valence electrons. The quantitative estimate of drug-likeness (QED) is 0.649. The van der Waals surface area contributed by atoms with Crippen molar-refractivity contribution in [2.45, 2.75) is 26.4 Å². The zero-order valence-electron chi connectivity index (χ0n) is 8.75. The molecule has 0 bridgehead atoms. The van der Waals surface area contributed by atoms with Crippen molar-refractivity contribution in [3.05, 3.63) is 0 Å². The predicted molar refractivity (Wildman–Crippen MR) is 50.6 cm³/mol. The Morgan fingerprint density at radius 2 is 1.93 bits per heavy atom. The lowest BCUT2D eigenvalue weighted by Crippen LogP contribution is -2.34. The third-order valence-corrected chi connectivity index (χ3v) is 1.67. The van der Waals surface area contributed by atoms with Gasteiger partial charge in [-0.05, 0) is 13.8 Å². The molecule has 14 heavy (non-hydrogen) atoms. The Balaban J connectivity index is 3.61. The lowest BCUT2D eigenvalue weighted by atomic mass is 10.4. The number of hydrogen-bond acceptors (Lipinski definition) is 3. The predicted octanol–water partition coefficient (Wildman–Crippen LogP) is 0.971. The Kier molecular flexibility index (Phi) is 7.93. The second-order valence-electron chi connectivity index (χ2n) is 3.33. The van der Waals surface area contributed by atoms with E-state index in [1.54, 1.807) is 0 Å². The molecule has 0 aromatic carbocycles. The Bertz CT molecular complexity index is 134. The summed E-state index contributed by atoms with van der Waals surface area (Å²) >= 11 is 0. The van der Waals surface area contributed by atoms with Crippen LogP contribution in [0.25, 0.3) is 0 Å². The van der Waals surface area contributed by atoms with Gasteiger partial charge in [0.2, 0.25) is 0 Å². The zero-order valence-corrected chi connectivity index (χ0v) is 8.75. The van der Waals surface area contributed by atoms with Crippen molar-refractivity contribution in [2.75, 3.05) is 32.8 Å². The molecule has 0 saturated heterocycles. The van der Waals surface area contributed by atoms with E-state index < -0.39 is 6.43 Å². The van der Waals surface area contributed by atoms with Gasteiger partial charge < -0.3 is 9.84 Å². The first-order valence-corrected chi connectivity index (χ1v) is 4.79. The molecule has 0 heterocycles. The number of ether oxygens (including phenoxy) is 1. The van der Waals surface area contributed by atoms with Gasteiger partial charge in [0.25, 0.3) is 6.43 Å². The maximum absolute atomic E-state index is 12.0. The fourth-order valence-corrected chi connectivity index (χ4v) is 1.05. The number of aliphatic hydroxyl groups excluding tert-OH is 1. The van der Waals surface area contributed by atoms with Crippen LogP contribution in [0.3, 0.4) is 0 Å². The molecule has 0 spiro atoms. The van der Waals surface area contributed by atoms with E-state index in [2.05, 4.69) is 0 Å². The molecule has 0 aliphatic rings. The number of hydrogen-bond donors (Lipinski definition) is 1. The highest BCUT2D eigenvalue weighted by Crippen LogP contribution is 1.98. The Labute approximate surface area is 83.7 Å². The van der Waals surface area contributed by atoms with E-state index >= 15 is 0 Å².